The highest BCUT2D eigenvalue weighted by atomic mass is 19.1. The number of fused-ring (bicyclic) bond motifs is 3. The minimum Gasteiger partial charge on any atom is -0.390 e. The van der Waals surface area contributed by atoms with Gasteiger partial charge in [0.2, 0.25) is 0 Å². The molecule has 0 bridgehead atoms. The number of halogens is 1. The molecule has 2 aliphatic rings. The Labute approximate surface area is 99.5 Å². The number of rotatable bonds is 1. The van der Waals surface area contributed by atoms with Crippen molar-refractivity contribution in [3.05, 3.63) is 23.1 Å². The number of aromatic nitrogens is 1. The second kappa shape index (κ2) is 3.92. The molecule has 0 aromatic carbocycles. The Morgan fingerprint density at radius 2 is 2.41 bits per heavy atom. The summed E-state index contributed by atoms with van der Waals surface area (Å²) in [4.78, 5) is 6.53. The zero-order valence-electron chi connectivity index (χ0n) is 9.78. The molecule has 1 saturated heterocycles. The van der Waals surface area contributed by atoms with E-state index in [0.717, 1.165) is 30.9 Å². The number of nitrogens with zero attached hydrogens (tertiary/aromatic N) is 2. The number of nitrogens with one attached hydrogen (secondary N) is 1. The second-order valence-electron chi connectivity index (χ2n) is 4.83. The predicted molar refractivity (Wildman–Crippen MR) is 62.4 cm³/mol. The van der Waals surface area contributed by atoms with E-state index in [4.69, 9.17) is 5.11 Å². The Kier molecular flexibility index (Phi) is 2.52. The van der Waals surface area contributed by atoms with Gasteiger partial charge in [-0.05, 0) is 25.0 Å². The lowest BCUT2D eigenvalue weighted by molar-refractivity contribution is 0.270. The third-order valence-corrected chi connectivity index (χ3v) is 3.64. The van der Waals surface area contributed by atoms with Crippen LogP contribution in [0.2, 0.25) is 0 Å². The average Bonchev–Trinajstić information content (AvgIpc) is 2.66. The monoisotopic (exact) mass is 237 g/mol. The van der Waals surface area contributed by atoms with E-state index in [0.29, 0.717) is 12.1 Å². The van der Waals surface area contributed by atoms with Crippen molar-refractivity contribution in [3.8, 4) is 0 Å². The summed E-state index contributed by atoms with van der Waals surface area (Å²) in [6.45, 7) is 3.63. The molecule has 3 heterocycles. The largest absolute Gasteiger partial charge is 0.390 e. The van der Waals surface area contributed by atoms with E-state index in [2.05, 4.69) is 22.1 Å². The lowest BCUT2D eigenvalue weighted by Crippen LogP contribution is -2.55. The van der Waals surface area contributed by atoms with E-state index >= 15 is 0 Å². The molecular weight excluding hydrogens is 221 g/mol. The van der Waals surface area contributed by atoms with Crippen molar-refractivity contribution in [2.75, 3.05) is 18.0 Å². The summed E-state index contributed by atoms with van der Waals surface area (Å²) >= 11 is 0. The number of hydrogen-bond acceptors (Lipinski definition) is 4. The standard InChI is InChI=1S/C12H16FN3O/c1-7-4-14-5-9-2-8-3-10(13)11(6-17)15-12(8)16(7)9/h3,7,9,14,17H,2,4-6H2,1H3/t7-,9-/m1/s1. The third kappa shape index (κ3) is 1.61. The van der Waals surface area contributed by atoms with Crippen LogP contribution in [0.4, 0.5) is 10.2 Å². The Bertz CT molecular complexity index is 452. The minimum atomic E-state index is -0.397. The normalized spacial score (nSPS) is 26.9. The molecule has 4 nitrogen and oxygen atoms in total. The molecule has 0 saturated carbocycles. The Morgan fingerprint density at radius 1 is 1.59 bits per heavy atom. The van der Waals surface area contributed by atoms with Crippen molar-refractivity contribution in [1.29, 1.82) is 0 Å². The number of aliphatic hydroxyl groups excluding tert-OH is 1. The van der Waals surface area contributed by atoms with Gasteiger partial charge in [-0.2, -0.15) is 0 Å². The summed E-state index contributed by atoms with van der Waals surface area (Å²) in [5.74, 6) is 0.459. The van der Waals surface area contributed by atoms with E-state index in [1.165, 1.54) is 6.07 Å². The fourth-order valence-corrected chi connectivity index (χ4v) is 2.86. The number of anilines is 1. The van der Waals surface area contributed by atoms with Crippen LogP contribution in [0, 0.1) is 5.82 Å². The molecule has 1 fully saturated rings. The van der Waals surface area contributed by atoms with Gasteiger partial charge in [-0.3, -0.25) is 0 Å². The first kappa shape index (κ1) is 10.9. The van der Waals surface area contributed by atoms with Crippen molar-refractivity contribution in [2.45, 2.75) is 32.0 Å². The van der Waals surface area contributed by atoms with Crippen LogP contribution in [0.15, 0.2) is 6.07 Å². The van der Waals surface area contributed by atoms with Crippen LogP contribution < -0.4 is 10.2 Å². The molecule has 0 amide bonds. The summed E-state index contributed by atoms with van der Waals surface area (Å²) in [7, 11) is 0. The van der Waals surface area contributed by atoms with Gasteiger partial charge in [0.05, 0.1) is 6.61 Å². The van der Waals surface area contributed by atoms with Gasteiger partial charge >= 0.3 is 0 Å². The molecule has 92 valence electrons. The Balaban J connectivity index is 2.05. The highest BCUT2D eigenvalue weighted by Crippen LogP contribution is 2.34. The first-order valence-electron chi connectivity index (χ1n) is 5.99. The number of piperazine rings is 1. The summed E-state index contributed by atoms with van der Waals surface area (Å²) < 4.78 is 13.6. The molecule has 3 rings (SSSR count). The highest BCUT2D eigenvalue weighted by Gasteiger charge is 2.36. The van der Waals surface area contributed by atoms with Gasteiger partial charge < -0.3 is 15.3 Å². The highest BCUT2D eigenvalue weighted by molar-refractivity contribution is 5.56. The molecule has 0 aliphatic carbocycles. The lowest BCUT2D eigenvalue weighted by Gasteiger charge is -2.37. The van der Waals surface area contributed by atoms with Crippen molar-refractivity contribution in [3.63, 3.8) is 0 Å². The first-order valence-corrected chi connectivity index (χ1v) is 5.99. The molecule has 2 aliphatic heterocycles. The molecule has 2 atom stereocenters. The smallest absolute Gasteiger partial charge is 0.147 e. The summed E-state index contributed by atoms with van der Waals surface area (Å²) in [5.41, 5.74) is 1.11. The number of pyridine rings is 1. The fraction of sp³-hybridized carbons (Fsp3) is 0.583. The van der Waals surface area contributed by atoms with Gasteiger partial charge in [0, 0.05) is 25.2 Å². The second-order valence-corrected chi connectivity index (χ2v) is 4.83. The van der Waals surface area contributed by atoms with Crippen LogP contribution in [-0.2, 0) is 13.0 Å². The summed E-state index contributed by atoms with van der Waals surface area (Å²) in [6, 6.07) is 2.26. The quantitative estimate of drug-likeness (QED) is 0.744. The topological polar surface area (TPSA) is 48.4 Å². The van der Waals surface area contributed by atoms with Crippen LogP contribution in [-0.4, -0.2) is 35.3 Å². The molecule has 1 aromatic heterocycles. The minimum absolute atomic E-state index is 0.148. The van der Waals surface area contributed by atoms with Gasteiger partial charge in [0.15, 0.2) is 0 Å². The first-order chi connectivity index (χ1) is 8.20. The maximum atomic E-state index is 13.6. The maximum Gasteiger partial charge on any atom is 0.147 e. The van der Waals surface area contributed by atoms with Crippen LogP contribution in [0.3, 0.4) is 0 Å². The van der Waals surface area contributed by atoms with Gasteiger partial charge in [-0.25, -0.2) is 9.37 Å². The van der Waals surface area contributed by atoms with Crippen molar-refractivity contribution in [2.24, 2.45) is 0 Å². The maximum absolute atomic E-state index is 13.6. The molecule has 2 N–H and O–H groups in total. The molecule has 17 heavy (non-hydrogen) atoms. The predicted octanol–water partition coefficient (Wildman–Crippen LogP) is 0.436. The van der Waals surface area contributed by atoms with Gasteiger partial charge in [-0.1, -0.05) is 0 Å². The van der Waals surface area contributed by atoms with Crippen LogP contribution >= 0.6 is 0 Å². The molecule has 0 radical (unpaired) electrons. The number of hydrogen-bond donors (Lipinski definition) is 2. The fourth-order valence-electron chi connectivity index (χ4n) is 2.86. The van der Waals surface area contributed by atoms with Crippen molar-refractivity contribution in [1.82, 2.24) is 10.3 Å². The van der Waals surface area contributed by atoms with Crippen LogP contribution in [0.5, 0.6) is 0 Å². The molecule has 1 aromatic rings. The van der Waals surface area contributed by atoms with E-state index < -0.39 is 5.82 Å². The van der Waals surface area contributed by atoms with E-state index in [9.17, 15) is 4.39 Å². The van der Waals surface area contributed by atoms with Crippen molar-refractivity contribution >= 4 is 5.82 Å². The zero-order chi connectivity index (χ0) is 12.0. The Hall–Kier alpha value is -1.20. The Morgan fingerprint density at radius 3 is 3.18 bits per heavy atom. The molecule has 5 heteroatoms. The SMILES string of the molecule is C[C@@H]1CNC[C@H]2Cc3cc(F)c(CO)nc3N21. The number of aliphatic hydroxyl groups is 1. The summed E-state index contributed by atoms with van der Waals surface area (Å²) in [6.07, 6.45) is 0.836. The average molecular weight is 237 g/mol. The van der Waals surface area contributed by atoms with E-state index in [1.807, 2.05) is 0 Å². The van der Waals surface area contributed by atoms with Gasteiger partial charge in [0.1, 0.15) is 17.3 Å². The lowest BCUT2D eigenvalue weighted by atomic mass is 10.1. The van der Waals surface area contributed by atoms with Gasteiger partial charge in [0.25, 0.3) is 0 Å². The van der Waals surface area contributed by atoms with Gasteiger partial charge in [-0.15, -0.1) is 0 Å². The third-order valence-electron chi connectivity index (χ3n) is 3.64. The molecule has 0 spiro atoms. The van der Waals surface area contributed by atoms with E-state index in [-0.39, 0.29) is 12.3 Å². The molecular formula is C12H16FN3O. The van der Waals surface area contributed by atoms with E-state index in [1.54, 1.807) is 0 Å². The van der Waals surface area contributed by atoms with Crippen LogP contribution in [0.1, 0.15) is 18.2 Å². The van der Waals surface area contributed by atoms with Crippen LogP contribution in [0.25, 0.3) is 0 Å². The zero-order valence-corrected chi connectivity index (χ0v) is 9.78. The molecule has 0 unspecified atom stereocenters. The summed E-state index contributed by atoms with van der Waals surface area (Å²) in [5, 5.41) is 12.4. The van der Waals surface area contributed by atoms with Crippen molar-refractivity contribution < 1.29 is 9.50 Å².